The Balaban J connectivity index is 1.87. The molecule has 2 unspecified atom stereocenters. The van der Waals surface area contributed by atoms with Crippen molar-refractivity contribution in [1.29, 1.82) is 0 Å². The molecule has 0 bridgehead atoms. The zero-order valence-corrected chi connectivity index (χ0v) is 11.6. The number of fused-ring (bicyclic) bond motifs is 2. The topological polar surface area (TPSA) is 58.2 Å². The molecule has 0 fully saturated rings. The summed E-state index contributed by atoms with van der Waals surface area (Å²) in [7, 11) is 0. The summed E-state index contributed by atoms with van der Waals surface area (Å²) in [6.45, 7) is 0. The Morgan fingerprint density at radius 3 is 2.19 bits per heavy atom. The predicted molar refractivity (Wildman–Crippen MR) is 80.6 cm³/mol. The summed E-state index contributed by atoms with van der Waals surface area (Å²) in [5, 5.41) is 6.22. The number of hydrogen-bond acceptors (Lipinski definition) is 2. The molecule has 0 aromatic heterocycles. The second kappa shape index (κ2) is 4.33. The molecule has 4 rings (SSSR count). The lowest BCUT2D eigenvalue weighted by Crippen LogP contribution is -2.24. The summed E-state index contributed by atoms with van der Waals surface area (Å²) >= 11 is 6.04. The van der Waals surface area contributed by atoms with E-state index in [1.807, 2.05) is 24.3 Å². The maximum Gasteiger partial charge on any atom is 0.233 e. The van der Waals surface area contributed by atoms with Crippen LogP contribution < -0.4 is 10.6 Å². The van der Waals surface area contributed by atoms with E-state index in [9.17, 15) is 9.59 Å². The third-order valence-corrected chi connectivity index (χ3v) is 4.29. The Hall–Kier alpha value is -2.33. The van der Waals surface area contributed by atoms with Gasteiger partial charge in [-0.1, -0.05) is 29.8 Å². The van der Waals surface area contributed by atoms with Crippen LogP contribution in [0.25, 0.3) is 0 Å². The van der Waals surface area contributed by atoms with Gasteiger partial charge in [0, 0.05) is 16.4 Å². The van der Waals surface area contributed by atoms with E-state index in [0.717, 1.165) is 22.5 Å². The van der Waals surface area contributed by atoms with Crippen LogP contribution in [0.1, 0.15) is 23.0 Å². The van der Waals surface area contributed by atoms with Gasteiger partial charge in [0.1, 0.15) is 0 Å². The van der Waals surface area contributed by atoms with Gasteiger partial charge in [-0.15, -0.1) is 0 Å². The van der Waals surface area contributed by atoms with Gasteiger partial charge in [0.15, 0.2) is 0 Å². The third-order valence-electron chi connectivity index (χ3n) is 4.06. The first-order valence-electron chi connectivity index (χ1n) is 6.65. The molecule has 0 radical (unpaired) electrons. The van der Waals surface area contributed by atoms with E-state index in [-0.39, 0.29) is 11.8 Å². The van der Waals surface area contributed by atoms with Crippen molar-refractivity contribution < 1.29 is 9.59 Å². The van der Waals surface area contributed by atoms with Gasteiger partial charge in [0.05, 0.1) is 11.8 Å². The van der Waals surface area contributed by atoms with Gasteiger partial charge in [-0.3, -0.25) is 9.59 Å². The maximum atomic E-state index is 12.4. The number of halogens is 1. The maximum absolute atomic E-state index is 12.4. The van der Waals surface area contributed by atoms with Crippen LogP contribution >= 0.6 is 11.6 Å². The van der Waals surface area contributed by atoms with Crippen LogP contribution in [0.5, 0.6) is 0 Å². The van der Waals surface area contributed by atoms with Crippen LogP contribution in [0.3, 0.4) is 0 Å². The number of anilines is 2. The lowest BCUT2D eigenvalue weighted by Gasteiger charge is -2.16. The number of rotatable bonds is 1. The van der Waals surface area contributed by atoms with Crippen LogP contribution in [0.4, 0.5) is 11.4 Å². The fourth-order valence-corrected chi connectivity index (χ4v) is 3.33. The molecule has 2 aromatic rings. The molecule has 2 amide bonds. The van der Waals surface area contributed by atoms with Crippen LogP contribution in [-0.4, -0.2) is 11.8 Å². The predicted octanol–water partition coefficient (Wildman–Crippen LogP) is 3.11. The van der Waals surface area contributed by atoms with Crippen molar-refractivity contribution in [1.82, 2.24) is 0 Å². The largest absolute Gasteiger partial charge is 0.325 e. The lowest BCUT2D eigenvalue weighted by atomic mass is 9.83. The Morgan fingerprint density at radius 1 is 0.810 bits per heavy atom. The first kappa shape index (κ1) is 12.4. The highest BCUT2D eigenvalue weighted by molar-refractivity contribution is 6.31. The SMILES string of the molecule is O=C1Nc2ccccc2C1C1C(=O)Nc2ccc(Cl)cc21. The van der Waals surface area contributed by atoms with Gasteiger partial charge in [0.2, 0.25) is 11.8 Å². The van der Waals surface area contributed by atoms with Crippen molar-refractivity contribution in [2.45, 2.75) is 11.8 Å². The molecule has 0 aliphatic carbocycles. The summed E-state index contributed by atoms with van der Waals surface area (Å²) in [5.41, 5.74) is 3.14. The second-order valence-corrected chi connectivity index (χ2v) is 5.69. The Bertz CT molecular complexity index is 788. The number of carbonyl (C=O) groups excluding carboxylic acids is 2. The smallest absolute Gasteiger partial charge is 0.233 e. The van der Waals surface area contributed by atoms with Gasteiger partial charge in [-0.25, -0.2) is 0 Å². The quantitative estimate of drug-likeness (QED) is 0.850. The van der Waals surface area contributed by atoms with Crippen molar-refractivity contribution in [3.8, 4) is 0 Å². The monoisotopic (exact) mass is 298 g/mol. The molecule has 21 heavy (non-hydrogen) atoms. The number of para-hydroxylation sites is 1. The minimum absolute atomic E-state index is 0.149. The molecule has 0 saturated carbocycles. The summed E-state index contributed by atoms with van der Waals surface area (Å²) in [4.78, 5) is 24.7. The Labute approximate surface area is 126 Å². The summed E-state index contributed by atoms with van der Waals surface area (Å²) in [5.74, 6) is -1.36. The molecule has 0 spiro atoms. The van der Waals surface area contributed by atoms with Gasteiger partial charge < -0.3 is 10.6 Å². The molecular formula is C16H11ClN2O2. The highest BCUT2D eigenvalue weighted by Gasteiger charge is 2.45. The third kappa shape index (κ3) is 1.76. The highest BCUT2D eigenvalue weighted by atomic mass is 35.5. The number of amides is 2. The van der Waals surface area contributed by atoms with Crippen LogP contribution in [0.15, 0.2) is 42.5 Å². The van der Waals surface area contributed by atoms with Gasteiger partial charge in [-0.05, 0) is 35.4 Å². The van der Waals surface area contributed by atoms with Crippen molar-refractivity contribution in [2.75, 3.05) is 10.6 Å². The molecule has 104 valence electrons. The van der Waals surface area contributed by atoms with Crippen molar-refractivity contribution >= 4 is 34.8 Å². The van der Waals surface area contributed by atoms with E-state index < -0.39 is 11.8 Å². The van der Waals surface area contributed by atoms with E-state index in [4.69, 9.17) is 11.6 Å². The molecule has 4 nitrogen and oxygen atoms in total. The second-order valence-electron chi connectivity index (χ2n) is 5.25. The van der Waals surface area contributed by atoms with Gasteiger partial charge >= 0.3 is 0 Å². The summed E-state index contributed by atoms with van der Waals surface area (Å²) in [6.07, 6.45) is 0. The number of nitrogens with one attached hydrogen (secondary N) is 2. The average Bonchev–Trinajstić information content (AvgIpc) is 2.94. The molecule has 2 atom stereocenters. The molecule has 2 aliphatic rings. The fourth-order valence-electron chi connectivity index (χ4n) is 3.15. The number of hydrogen-bond donors (Lipinski definition) is 2. The molecule has 2 aliphatic heterocycles. The van der Waals surface area contributed by atoms with Crippen molar-refractivity contribution in [3.05, 3.63) is 58.6 Å². The minimum atomic E-state index is -0.539. The molecule has 5 heteroatoms. The van der Waals surface area contributed by atoms with E-state index in [0.29, 0.717) is 5.02 Å². The zero-order chi connectivity index (χ0) is 14.6. The van der Waals surface area contributed by atoms with Gasteiger partial charge in [-0.2, -0.15) is 0 Å². The molecular weight excluding hydrogens is 288 g/mol. The fraction of sp³-hybridized carbons (Fsp3) is 0.125. The van der Waals surface area contributed by atoms with Gasteiger partial charge in [0.25, 0.3) is 0 Å². The van der Waals surface area contributed by atoms with Crippen LogP contribution in [-0.2, 0) is 9.59 Å². The Kier molecular flexibility index (Phi) is 2.56. The Morgan fingerprint density at radius 2 is 1.43 bits per heavy atom. The van der Waals surface area contributed by atoms with Crippen LogP contribution in [0.2, 0.25) is 5.02 Å². The standard InChI is InChI=1S/C16H11ClN2O2/c17-8-5-6-12-10(7-8)14(16(21)19-12)13-9-3-1-2-4-11(9)18-15(13)20/h1-7,13-14H,(H,18,20)(H,19,21). The normalized spacial score (nSPS) is 22.5. The number of benzene rings is 2. The first-order valence-corrected chi connectivity index (χ1v) is 7.03. The molecule has 0 saturated heterocycles. The van der Waals surface area contributed by atoms with E-state index in [1.165, 1.54) is 0 Å². The zero-order valence-electron chi connectivity index (χ0n) is 10.9. The minimum Gasteiger partial charge on any atom is -0.325 e. The van der Waals surface area contributed by atoms with Crippen molar-refractivity contribution in [2.24, 2.45) is 0 Å². The van der Waals surface area contributed by atoms with E-state index in [2.05, 4.69) is 10.6 Å². The van der Waals surface area contributed by atoms with Crippen molar-refractivity contribution in [3.63, 3.8) is 0 Å². The molecule has 2 aromatic carbocycles. The van der Waals surface area contributed by atoms with Crippen LogP contribution in [0, 0.1) is 0 Å². The first-order chi connectivity index (χ1) is 10.1. The summed E-state index contributed by atoms with van der Waals surface area (Å²) < 4.78 is 0. The number of carbonyl (C=O) groups is 2. The summed E-state index contributed by atoms with van der Waals surface area (Å²) in [6, 6.07) is 12.7. The lowest BCUT2D eigenvalue weighted by molar-refractivity contribution is -0.123. The van der Waals surface area contributed by atoms with E-state index >= 15 is 0 Å². The average molecular weight is 299 g/mol. The molecule has 2 N–H and O–H groups in total. The molecule has 2 heterocycles. The van der Waals surface area contributed by atoms with E-state index in [1.54, 1.807) is 18.2 Å². The highest BCUT2D eigenvalue weighted by Crippen LogP contribution is 2.47.